The number of nitrogens with zero attached hydrogens (tertiary/aromatic N) is 2. The van der Waals surface area contributed by atoms with E-state index in [-0.39, 0.29) is 59.9 Å². The molecule has 3 rings (SSSR count). The lowest BCUT2D eigenvalue weighted by molar-refractivity contribution is -0.148. The van der Waals surface area contributed by atoms with Crippen LogP contribution in [0, 0.1) is 23.7 Å². The molecule has 0 aromatic heterocycles. The number of aliphatic hydroxyl groups is 1. The molecular formula is C40H67N5O7. The predicted octanol–water partition coefficient (Wildman–Crippen LogP) is 3.67. The van der Waals surface area contributed by atoms with Gasteiger partial charge in [-0.25, -0.2) is 0 Å². The number of methoxy groups -OCH3 is 2. The second kappa shape index (κ2) is 20.4. The summed E-state index contributed by atoms with van der Waals surface area (Å²) in [5, 5.41) is 19.9. The second-order valence-electron chi connectivity index (χ2n) is 15.6. The van der Waals surface area contributed by atoms with E-state index in [0.717, 1.165) is 32.1 Å². The highest BCUT2D eigenvalue weighted by Gasteiger charge is 2.44. The fourth-order valence-electron chi connectivity index (χ4n) is 8.35. The molecule has 1 aromatic rings. The highest BCUT2D eigenvalue weighted by atomic mass is 16.5. The highest BCUT2D eigenvalue weighted by Crippen LogP contribution is 2.35. The van der Waals surface area contributed by atoms with Crippen LogP contribution in [0.5, 0.6) is 0 Å². The number of nitrogens with one attached hydrogen (secondary N) is 3. The number of amides is 4. The minimum Gasteiger partial charge on any atom is -0.386 e. The van der Waals surface area contributed by atoms with Crippen LogP contribution in [0.4, 0.5) is 0 Å². The zero-order valence-corrected chi connectivity index (χ0v) is 33.3. The fourth-order valence-corrected chi connectivity index (χ4v) is 8.35. The molecule has 294 valence electrons. The molecule has 1 saturated carbocycles. The number of hydrogen-bond acceptors (Lipinski definition) is 8. The molecule has 4 amide bonds. The molecule has 2 fully saturated rings. The van der Waals surface area contributed by atoms with E-state index in [9.17, 15) is 24.3 Å². The number of hydrogen-bond donors (Lipinski definition) is 4. The van der Waals surface area contributed by atoms with E-state index in [1.54, 1.807) is 47.1 Å². The Balaban J connectivity index is 1.77. The summed E-state index contributed by atoms with van der Waals surface area (Å²) in [5.41, 5.74) is 0.716. The Morgan fingerprint density at radius 1 is 0.865 bits per heavy atom. The third kappa shape index (κ3) is 10.8. The minimum absolute atomic E-state index is 0.0429. The molecule has 0 spiro atoms. The molecule has 52 heavy (non-hydrogen) atoms. The Morgan fingerprint density at radius 2 is 1.48 bits per heavy atom. The number of likely N-dealkylation sites (tertiary alicyclic amines) is 1. The van der Waals surface area contributed by atoms with Gasteiger partial charge in [-0.15, -0.1) is 0 Å². The molecule has 1 saturated heterocycles. The van der Waals surface area contributed by atoms with Crippen LogP contribution < -0.4 is 16.0 Å². The van der Waals surface area contributed by atoms with E-state index >= 15 is 0 Å². The molecule has 1 aromatic carbocycles. The SMILES string of the molecule is CNC(C(=O)NC(C(=O)N(C)[C@@H](C1CCCC1)[C@@H](CC(=O)N1CCCC1[C@H](OC)[C@@H](C)C(=O)N[C@H](C)[C@@H](O)c1ccccc1)OC)C(C)C)C(C)C. The van der Waals surface area contributed by atoms with Crippen molar-refractivity contribution >= 4 is 23.6 Å². The molecule has 9 atom stereocenters. The van der Waals surface area contributed by atoms with Crippen LogP contribution in [-0.4, -0.2) is 116 Å². The van der Waals surface area contributed by atoms with Crippen LogP contribution in [0.2, 0.25) is 0 Å². The molecule has 1 aliphatic carbocycles. The molecular weight excluding hydrogens is 662 g/mol. The molecule has 1 aliphatic heterocycles. The molecule has 12 heteroatoms. The van der Waals surface area contributed by atoms with E-state index in [0.29, 0.717) is 18.5 Å². The zero-order valence-electron chi connectivity index (χ0n) is 33.3. The molecule has 0 bridgehead atoms. The normalized spacial score (nSPS) is 21.2. The van der Waals surface area contributed by atoms with Crippen LogP contribution in [0.25, 0.3) is 0 Å². The summed E-state index contributed by atoms with van der Waals surface area (Å²) in [6.07, 6.45) is 3.45. The molecule has 0 radical (unpaired) electrons. The van der Waals surface area contributed by atoms with Crippen molar-refractivity contribution in [2.24, 2.45) is 23.7 Å². The summed E-state index contributed by atoms with van der Waals surface area (Å²) in [7, 11) is 6.68. The van der Waals surface area contributed by atoms with Gasteiger partial charge in [0.2, 0.25) is 23.6 Å². The Bertz CT molecular complexity index is 1290. The summed E-state index contributed by atoms with van der Waals surface area (Å²) < 4.78 is 12.0. The van der Waals surface area contributed by atoms with E-state index in [4.69, 9.17) is 9.47 Å². The number of benzene rings is 1. The van der Waals surface area contributed by atoms with Gasteiger partial charge in [0, 0.05) is 27.8 Å². The van der Waals surface area contributed by atoms with Crippen LogP contribution in [0.15, 0.2) is 30.3 Å². The Labute approximate surface area is 312 Å². The molecule has 12 nitrogen and oxygen atoms in total. The largest absolute Gasteiger partial charge is 0.386 e. The van der Waals surface area contributed by atoms with Crippen LogP contribution in [0.1, 0.15) is 98.2 Å². The molecule has 4 N–H and O–H groups in total. The van der Waals surface area contributed by atoms with Crippen molar-refractivity contribution in [2.75, 3.05) is 34.9 Å². The van der Waals surface area contributed by atoms with E-state index < -0.39 is 42.4 Å². The third-order valence-corrected chi connectivity index (χ3v) is 11.4. The van der Waals surface area contributed by atoms with Gasteiger partial charge in [0.25, 0.3) is 0 Å². The third-order valence-electron chi connectivity index (χ3n) is 11.4. The maximum atomic E-state index is 14.2. The Kier molecular flexibility index (Phi) is 17.0. The first kappa shape index (κ1) is 43.3. The number of rotatable bonds is 19. The second-order valence-corrected chi connectivity index (χ2v) is 15.6. The van der Waals surface area contributed by atoms with Gasteiger partial charge in [-0.1, -0.05) is 77.8 Å². The topological polar surface area (TPSA) is 150 Å². The summed E-state index contributed by atoms with van der Waals surface area (Å²) in [6, 6.07) is 6.82. The quantitative estimate of drug-likeness (QED) is 0.169. The van der Waals surface area contributed by atoms with Crippen molar-refractivity contribution in [3.05, 3.63) is 35.9 Å². The van der Waals surface area contributed by atoms with Crippen LogP contribution >= 0.6 is 0 Å². The van der Waals surface area contributed by atoms with Gasteiger partial charge in [0.15, 0.2) is 0 Å². The monoisotopic (exact) mass is 730 g/mol. The molecule has 2 aliphatic rings. The fraction of sp³-hybridized carbons (Fsp3) is 0.750. The summed E-state index contributed by atoms with van der Waals surface area (Å²) in [4.78, 5) is 58.7. The maximum Gasteiger partial charge on any atom is 0.245 e. The van der Waals surface area contributed by atoms with Gasteiger partial charge in [-0.2, -0.15) is 0 Å². The van der Waals surface area contributed by atoms with Crippen molar-refractivity contribution in [3.63, 3.8) is 0 Å². The van der Waals surface area contributed by atoms with E-state index in [1.165, 1.54) is 0 Å². The van der Waals surface area contributed by atoms with Gasteiger partial charge in [0.1, 0.15) is 6.04 Å². The number of carbonyl (C=O) groups is 4. The average Bonchev–Trinajstić information content (AvgIpc) is 3.83. The first-order valence-electron chi connectivity index (χ1n) is 19.3. The van der Waals surface area contributed by atoms with Crippen molar-refractivity contribution in [1.82, 2.24) is 25.8 Å². The first-order valence-corrected chi connectivity index (χ1v) is 19.3. The lowest BCUT2D eigenvalue weighted by Crippen LogP contribution is -2.59. The maximum absolute atomic E-state index is 14.2. The van der Waals surface area contributed by atoms with Gasteiger partial charge in [-0.05, 0) is 63.0 Å². The van der Waals surface area contributed by atoms with Gasteiger partial charge in [0.05, 0.1) is 54.8 Å². The van der Waals surface area contributed by atoms with Crippen LogP contribution in [0.3, 0.4) is 0 Å². The molecule has 3 unspecified atom stereocenters. The highest BCUT2D eigenvalue weighted by molar-refractivity contribution is 5.90. The number of ether oxygens (including phenoxy) is 2. The van der Waals surface area contributed by atoms with Gasteiger partial charge < -0.3 is 40.3 Å². The number of carbonyl (C=O) groups excluding carboxylic acids is 4. The summed E-state index contributed by atoms with van der Waals surface area (Å²) >= 11 is 0. The first-order chi connectivity index (χ1) is 24.7. The summed E-state index contributed by atoms with van der Waals surface area (Å²) in [6.45, 7) is 11.9. The van der Waals surface area contributed by atoms with E-state index in [2.05, 4.69) is 16.0 Å². The summed E-state index contributed by atoms with van der Waals surface area (Å²) in [5.74, 6) is -1.34. The predicted molar refractivity (Wildman–Crippen MR) is 202 cm³/mol. The number of likely N-dealkylation sites (N-methyl/N-ethyl adjacent to an activating group) is 2. The van der Waals surface area contributed by atoms with Crippen molar-refractivity contribution < 1.29 is 33.8 Å². The average molecular weight is 730 g/mol. The van der Waals surface area contributed by atoms with Gasteiger partial charge in [-0.3, -0.25) is 19.2 Å². The zero-order chi connectivity index (χ0) is 38.7. The Morgan fingerprint density at radius 3 is 2.02 bits per heavy atom. The lowest BCUT2D eigenvalue weighted by Gasteiger charge is -2.41. The standard InChI is InChI=1S/C40H67N5O7/c1-24(2)33(41-7)39(49)43-34(25(3)4)40(50)44(8)35(28-17-14-15-18-28)31(51-9)23-32(46)45-22-16-21-30(45)37(52-10)26(5)38(48)42-27(6)36(47)29-19-12-11-13-20-29/h11-13,19-20,24-28,30-31,33-37,41,47H,14-18,21-23H2,1-10H3,(H,42,48)(H,43,49)/t26-,27-,30?,31-,33?,34?,35+,36-,37-/m1/s1. The van der Waals surface area contributed by atoms with E-state index in [1.807, 2.05) is 62.9 Å². The lowest BCUT2D eigenvalue weighted by atomic mass is 9.88. The van der Waals surface area contributed by atoms with Crippen molar-refractivity contribution in [1.29, 1.82) is 0 Å². The number of aliphatic hydroxyl groups excluding tert-OH is 1. The van der Waals surface area contributed by atoms with Crippen molar-refractivity contribution in [2.45, 2.75) is 135 Å². The minimum atomic E-state index is -0.871. The smallest absolute Gasteiger partial charge is 0.245 e. The Hall–Kier alpha value is -3.06. The van der Waals surface area contributed by atoms with Gasteiger partial charge >= 0.3 is 0 Å². The van der Waals surface area contributed by atoms with Crippen molar-refractivity contribution in [3.8, 4) is 0 Å². The van der Waals surface area contributed by atoms with Crippen LogP contribution in [-0.2, 0) is 28.7 Å². The molecule has 1 heterocycles.